The molecule has 0 aliphatic carbocycles. The van der Waals surface area contributed by atoms with Crippen molar-refractivity contribution in [3.8, 4) is 0 Å². The Bertz CT molecular complexity index is 531. The molecule has 1 aromatic rings. The molecule has 0 atom stereocenters. The van der Waals surface area contributed by atoms with Gasteiger partial charge in [-0.2, -0.15) is 0 Å². The van der Waals surface area contributed by atoms with E-state index in [4.69, 9.17) is 4.74 Å². The van der Waals surface area contributed by atoms with Gasteiger partial charge < -0.3 is 4.74 Å². The van der Waals surface area contributed by atoms with Crippen molar-refractivity contribution in [1.82, 2.24) is 5.06 Å². The number of hydroxylamine groups is 2. The normalized spacial score (nSPS) is 21.9. The van der Waals surface area contributed by atoms with E-state index in [0.29, 0.717) is 12.8 Å². The van der Waals surface area contributed by atoms with Crippen LogP contribution >= 0.6 is 0 Å². The van der Waals surface area contributed by atoms with Crippen LogP contribution in [-0.2, 0) is 14.7 Å². The van der Waals surface area contributed by atoms with Crippen molar-refractivity contribution in [1.29, 1.82) is 0 Å². The first kappa shape index (κ1) is 16.7. The van der Waals surface area contributed by atoms with Gasteiger partial charge >= 0.3 is 5.97 Å². The molecule has 1 heterocycles. The summed E-state index contributed by atoms with van der Waals surface area (Å²) in [6, 6.07) is 9.61. The van der Waals surface area contributed by atoms with Gasteiger partial charge in [-0.05, 0) is 39.3 Å². The first-order chi connectivity index (χ1) is 10.2. The van der Waals surface area contributed by atoms with E-state index in [1.54, 1.807) is 6.08 Å². The van der Waals surface area contributed by atoms with E-state index in [0.717, 1.165) is 10.6 Å². The number of carbonyl (C=O) groups excluding carboxylic acids is 1. The SMILES string of the molecule is CC1(C)CC(OC(=O)/C=C/c2ccccc2)CC(C)(C)N1[O]. The van der Waals surface area contributed by atoms with Crippen LogP contribution in [-0.4, -0.2) is 28.2 Å². The summed E-state index contributed by atoms with van der Waals surface area (Å²) in [6.45, 7) is 7.56. The summed E-state index contributed by atoms with van der Waals surface area (Å²) < 4.78 is 5.54. The topological polar surface area (TPSA) is 49.4 Å². The Kier molecular flexibility index (Phi) is 4.73. The van der Waals surface area contributed by atoms with Crippen LogP contribution in [0.5, 0.6) is 0 Å². The molecule has 0 amide bonds. The molecule has 1 aromatic carbocycles. The predicted molar refractivity (Wildman–Crippen MR) is 85.3 cm³/mol. The van der Waals surface area contributed by atoms with Gasteiger partial charge in [-0.15, -0.1) is 10.3 Å². The summed E-state index contributed by atoms with van der Waals surface area (Å²) in [7, 11) is 0. The Balaban J connectivity index is 1.99. The average molecular weight is 302 g/mol. The Labute approximate surface area is 132 Å². The van der Waals surface area contributed by atoms with Crippen molar-refractivity contribution in [3.05, 3.63) is 42.0 Å². The second-order valence-electron chi connectivity index (χ2n) is 7.13. The maximum atomic E-state index is 12.3. The lowest BCUT2D eigenvalue weighted by Gasteiger charge is -2.49. The van der Waals surface area contributed by atoms with Gasteiger partial charge in [0.15, 0.2) is 0 Å². The van der Waals surface area contributed by atoms with Crippen LogP contribution in [0, 0.1) is 0 Å². The molecule has 22 heavy (non-hydrogen) atoms. The second kappa shape index (κ2) is 6.23. The smallest absolute Gasteiger partial charge is 0.331 e. The second-order valence-corrected chi connectivity index (χ2v) is 7.13. The lowest BCUT2D eigenvalue weighted by Crippen LogP contribution is -2.60. The van der Waals surface area contributed by atoms with Gasteiger partial charge in [0.05, 0.1) is 0 Å². The number of rotatable bonds is 3. The van der Waals surface area contributed by atoms with Crippen LogP contribution < -0.4 is 0 Å². The van der Waals surface area contributed by atoms with Gasteiger partial charge in [-0.3, -0.25) is 0 Å². The minimum atomic E-state index is -0.532. The molecule has 1 saturated heterocycles. The van der Waals surface area contributed by atoms with Crippen molar-refractivity contribution in [2.45, 2.75) is 57.7 Å². The highest BCUT2D eigenvalue weighted by molar-refractivity contribution is 5.87. The zero-order valence-electron chi connectivity index (χ0n) is 13.7. The largest absolute Gasteiger partial charge is 0.459 e. The number of hydrogen-bond donors (Lipinski definition) is 0. The van der Waals surface area contributed by atoms with E-state index in [1.807, 2.05) is 58.0 Å². The Morgan fingerprint density at radius 2 is 1.68 bits per heavy atom. The maximum absolute atomic E-state index is 12.3. The molecule has 0 saturated carbocycles. The summed E-state index contributed by atoms with van der Waals surface area (Å²) in [5.41, 5.74) is -0.111. The Morgan fingerprint density at radius 3 is 2.23 bits per heavy atom. The molecule has 1 aliphatic rings. The number of hydrogen-bond acceptors (Lipinski definition) is 3. The van der Waals surface area contributed by atoms with Gasteiger partial charge in [-0.25, -0.2) is 4.79 Å². The average Bonchev–Trinajstić information content (AvgIpc) is 2.43. The van der Waals surface area contributed by atoms with Crippen LogP contribution in [0.25, 0.3) is 6.08 Å². The standard InChI is InChI=1S/C18H24NO3/c1-17(2)12-15(13-18(3,4)19(17)21)22-16(20)11-10-14-8-6-5-7-9-14/h5-11,15H,12-13H2,1-4H3/b11-10+. The van der Waals surface area contributed by atoms with Gasteiger partial charge in [0.25, 0.3) is 0 Å². The van der Waals surface area contributed by atoms with Crippen LogP contribution in [0.1, 0.15) is 46.1 Å². The van der Waals surface area contributed by atoms with E-state index in [-0.39, 0.29) is 12.1 Å². The fraction of sp³-hybridized carbons (Fsp3) is 0.500. The van der Waals surface area contributed by atoms with Gasteiger partial charge in [0, 0.05) is 30.0 Å². The van der Waals surface area contributed by atoms with Crippen molar-refractivity contribution in [2.75, 3.05) is 0 Å². The van der Waals surface area contributed by atoms with Crippen molar-refractivity contribution < 1.29 is 14.7 Å². The van der Waals surface area contributed by atoms with Gasteiger partial charge in [-0.1, -0.05) is 30.3 Å². The predicted octanol–water partition coefficient (Wildman–Crippen LogP) is 3.61. The van der Waals surface area contributed by atoms with E-state index in [2.05, 4.69) is 0 Å². The highest BCUT2D eigenvalue weighted by Gasteiger charge is 2.47. The van der Waals surface area contributed by atoms with E-state index in [1.165, 1.54) is 6.08 Å². The molecule has 1 radical (unpaired) electrons. The lowest BCUT2D eigenvalue weighted by atomic mass is 9.80. The fourth-order valence-electron chi connectivity index (χ4n) is 3.19. The molecule has 0 N–H and O–H groups in total. The molecule has 1 aliphatic heterocycles. The molecule has 0 aromatic heterocycles. The van der Waals surface area contributed by atoms with Crippen LogP contribution in [0.4, 0.5) is 0 Å². The third kappa shape index (κ3) is 3.96. The van der Waals surface area contributed by atoms with Gasteiger partial charge in [0.2, 0.25) is 0 Å². The van der Waals surface area contributed by atoms with Crippen molar-refractivity contribution in [2.24, 2.45) is 0 Å². The summed E-state index contributed by atoms with van der Waals surface area (Å²) in [6.07, 6.45) is 4.04. The molecule has 4 heteroatoms. The minimum Gasteiger partial charge on any atom is -0.459 e. The van der Waals surface area contributed by atoms with Crippen LogP contribution in [0.3, 0.4) is 0 Å². The number of piperidine rings is 1. The zero-order chi connectivity index (χ0) is 16.4. The number of esters is 1. The van der Waals surface area contributed by atoms with Crippen LogP contribution in [0.2, 0.25) is 0 Å². The summed E-state index contributed by atoms with van der Waals surface area (Å²) >= 11 is 0. The summed E-state index contributed by atoms with van der Waals surface area (Å²) in [5, 5.41) is 13.4. The zero-order valence-corrected chi connectivity index (χ0v) is 13.7. The monoisotopic (exact) mass is 302 g/mol. The highest BCUT2D eigenvalue weighted by Crippen LogP contribution is 2.38. The molecular weight excluding hydrogens is 278 g/mol. The van der Waals surface area contributed by atoms with E-state index < -0.39 is 11.1 Å². The number of benzene rings is 1. The number of nitrogens with zero attached hydrogens (tertiary/aromatic N) is 1. The molecule has 1 fully saturated rings. The molecular formula is C18H24NO3. The minimum absolute atomic E-state index is 0.233. The molecule has 119 valence electrons. The number of ether oxygens (including phenoxy) is 1. The summed E-state index contributed by atoms with van der Waals surface area (Å²) in [5.74, 6) is -0.361. The molecule has 0 bridgehead atoms. The van der Waals surface area contributed by atoms with Crippen molar-refractivity contribution >= 4 is 12.0 Å². The highest BCUT2D eigenvalue weighted by atomic mass is 16.5. The van der Waals surface area contributed by atoms with Crippen LogP contribution in [0.15, 0.2) is 36.4 Å². The molecule has 0 unspecified atom stereocenters. The third-order valence-corrected chi connectivity index (χ3v) is 4.05. The molecule has 4 nitrogen and oxygen atoms in total. The molecule has 0 spiro atoms. The maximum Gasteiger partial charge on any atom is 0.331 e. The number of carbonyl (C=O) groups is 1. The molecule has 2 rings (SSSR count). The Hall–Kier alpha value is -1.65. The first-order valence-electron chi connectivity index (χ1n) is 7.62. The first-order valence-corrected chi connectivity index (χ1v) is 7.62. The Morgan fingerprint density at radius 1 is 1.14 bits per heavy atom. The third-order valence-electron chi connectivity index (χ3n) is 4.05. The van der Waals surface area contributed by atoms with E-state index >= 15 is 0 Å². The van der Waals surface area contributed by atoms with E-state index in [9.17, 15) is 10.0 Å². The van der Waals surface area contributed by atoms with Gasteiger partial charge in [0.1, 0.15) is 6.10 Å². The summed E-state index contributed by atoms with van der Waals surface area (Å²) in [4.78, 5) is 12.0. The fourth-order valence-corrected chi connectivity index (χ4v) is 3.19. The quantitative estimate of drug-likeness (QED) is 0.633. The lowest BCUT2D eigenvalue weighted by molar-refractivity contribution is -0.299. The van der Waals surface area contributed by atoms with Crippen molar-refractivity contribution in [3.63, 3.8) is 0 Å².